The summed E-state index contributed by atoms with van der Waals surface area (Å²) in [5.41, 5.74) is 1.65. The highest BCUT2D eigenvalue weighted by molar-refractivity contribution is 5.35. The number of ether oxygens (including phenoxy) is 1. The average Bonchev–Trinajstić information content (AvgIpc) is 2.36. The number of aliphatic hydroxyl groups is 1. The average molecular weight is 272 g/mol. The number of rotatable bonds is 5. The van der Waals surface area contributed by atoms with Crippen molar-refractivity contribution in [3.63, 3.8) is 0 Å². The molecule has 0 aliphatic carbocycles. The third-order valence-corrected chi connectivity index (χ3v) is 2.28. The van der Waals surface area contributed by atoms with Gasteiger partial charge in [0.1, 0.15) is 6.61 Å². The maximum atomic E-state index is 11.9. The predicted molar refractivity (Wildman–Crippen MR) is 65.4 cm³/mol. The second-order valence-electron chi connectivity index (χ2n) is 3.93. The van der Waals surface area contributed by atoms with Crippen LogP contribution in [0.5, 0.6) is 0 Å². The molecule has 0 aliphatic heterocycles. The van der Waals surface area contributed by atoms with Crippen LogP contribution in [0.1, 0.15) is 24.0 Å². The first-order chi connectivity index (χ1) is 9.01. The summed E-state index contributed by atoms with van der Waals surface area (Å²) in [7, 11) is 0. The third kappa shape index (κ3) is 7.50. The largest absolute Gasteiger partial charge is 0.389 e. The van der Waals surface area contributed by atoms with Gasteiger partial charge in [-0.3, -0.25) is 0 Å². The minimum atomic E-state index is -4.11. The summed E-state index contributed by atoms with van der Waals surface area (Å²) in [5, 5.41) is 8.53. The molecule has 0 saturated carbocycles. The third-order valence-electron chi connectivity index (χ3n) is 2.28. The molecule has 19 heavy (non-hydrogen) atoms. The molecule has 0 bridgehead atoms. The van der Waals surface area contributed by atoms with Crippen LogP contribution in [-0.4, -0.2) is 24.5 Å². The molecule has 0 aromatic heterocycles. The van der Waals surface area contributed by atoms with Gasteiger partial charge in [-0.05, 0) is 24.1 Å². The van der Waals surface area contributed by atoms with E-state index < -0.39 is 12.6 Å². The van der Waals surface area contributed by atoms with E-state index in [9.17, 15) is 13.2 Å². The molecule has 1 N–H and O–H groups in total. The summed E-state index contributed by atoms with van der Waals surface area (Å²) in [4.78, 5) is 0. The Kier molecular flexibility index (Phi) is 6.40. The predicted octanol–water partition coefficient (Wildman–Crippen LogP) is 2.89. The molecule has 5 heteroatoms. The SMILES string of the molecule is OCC#Cc1ccc(COCCCC(F)(F)F)cc1. The zero-order valence-electron chi connectivity index (χ0n) is 10.3. The van der Waals surface area contributed by atoms with E-state index in [1.165, 1.54) is 0 Å². The Morgan fingerprint density at radius 2 is 1.84 bits per heavy atom. The maximum Gasteiger partial charge on any atom is 0.389 e. The zero-order valence-corrected chi connectivity index (χ0v) is 10.3. The fourth-order valence-electron chi connectivity index (χ4n) is 1.39. The van der Waals surface area contributed by atoms with Gasteiger partial charge in [0.15, 0.2) is 0 Å². The number of benzene rings is 1. The number of aliphatic hydroxyl groups excluding tert-OH is 1. The molecule has 0 saturated heterocycles. The first-order valence-electron chi connectivity index (χ1n) is 5.84. The van der Waals surface area contributed by atoms with Crippen LogP contribution in [0.4, 0.5) is 13.2 Å². The van der Waals surface area contributed by atoms with Crippen LogP contribution in [0.2, 0.25) is 0 Å². The van der Waals surface area contributed by atoms with Gasteiger partial charge in [-0.25, -0.2) is 0 Å². The minimum Gasteiger partial charge on any atom is -0.384 e. The first-order valence-corrected chi connectivity index (χ1v) is 5.84. The van der Waals surface area contributed by atoms with E-state index in [4.69, 9.17) is 9.84 Å². The van der Waals surface area contributed by atoms with E-state index in [0.29, 0.717) is 0 Å². The Labute approximate surface area is 110 Å². The molecule has 2 nitrogen and oxygen atoms in total. The molecule has 104 valence electrons. The summed E-state index contributed by atoms with van der Waals surface area (Å²) in [6.07, 6.45) is -4.96. The zero-order chi connectivity index (χ0) is 14.1. The number of halogens is 3. The fraction of sp³-hybridized carbons (Fsp3) is 0.429. The highest BCUT2D eigenvalue weighted by atomic mass is 19.4. The van der Waals surface area contributed by atoms with Crippen molar-refractivity contribution in [1.82, 2.24) is 0 Å². The molecule has 1 aromatic rings. The normalized spacial score (nSPS) is 10.9. The van der Waals surface area contributed by atoms with Gasteiger partial charge >= 0.3 is 6.18 Å². The van der Waals surface area contributed by atoms with Gasteiger partial charge in [0.05, 0.1) is 6.61 Å². The van der Waals surface area contributed by atoms with Crippen molar-refractivity contribution in [3.05, 3.63) is 35.4 Å². The molecule has 1 aromatic carbocycles. The van der Waals surface area contributed by atoms with Crippen LogP contribution in [0, 0.1) is 11.8 Å². The molecule has 0 amide bonds. The van der Waals surface area contributed by atoms with Crippen molar-refractivity contribution in [3.8, 4) is 11.8 Å². The van der Waals surface area contributed by atoms with Crippen molar-refractivity contribution >= 4 is 0 Å². The standard InChI is InChI=1S/C14H15F3O2/c15-14(16,17)8-2-10-19-11-13-6-4-12(5-7-13)3-1-9-18/h4-7,18H,2,8-11H2. The van der Waals surface area contributed by atoms with Crippen LogP contribution >= 0.6 is 0 Å². The molecule has 0 radical (unpaired) electrons. The topological polar surface area (TPSA) is 29.5 Å². The summed E-state index contributed by atoms with van der Waals surface area (Å²) < 4.78 is 40.8. The number of hydrogen-bond donors (Lipinski definition) is 1. The van der Waals surface area contributed by atoms with Gasteiger partial charge in [0.2, 0.25) is 0 Å². The molecule has 0 aliphatic rings. The lowest BCUT2D eigenvalue weighted by Gasteiger charge is -2.07. The first kappa shape index (κ1) is 15.5. The van der Waals surface area contributed by atoms with Crippen LogP contribution in [0.25, 0.3) is 0 Å². The second kappa shape index (κ2) is 7.82. The van der Waals surface area contributed by atoms with Gasteiger partial charge < -0.3 is 9.84 Å². The molecule has 0 spiro atoms. The van der Waals surface area contributed by atoms with Crippen LogP contribution in [0.3, 0.4) is 0 Å². The van der Waals surface area contributed by atoms with Crippen LogP contribution in [0.15, 0.2) is 24.3 Å². The van der Waals surface area contributed by atoms with E-state index in [1.54, 1.807) is 24.3 Å². The van der Waals surface area contributed by atoms with Gasteiger partial charge in [-0.2, -0.15) is 13.2 Å². The number of hydrogen-bond acceptors (Lipinski definition) is 2. The highest BCUT2D eigenvalue weighted by Gasteiger charge is 2.25. The lowest BCUT2D eigenvalue weighted by atomic mass is 10.1. The van der Waals surface area contributed by atoms with Crippen molar-refractivity contribution < 1.29 is 23.0 Å². The molecule has 1 rings (SSSR count). The summed E-state index contributed by atoms with van der Waals surface area (Å²) in [6.45, 7) is 0.182. The summed E-state index contributed by atoms with van der Waals surface area (Å²) >= 11 is 0. The molecule has 0 fully saturated rings. The fourth-order valence-corrected chi connectivity index (χ4v) is 1.39. The van der Waals surface area contributed by atoms with Crippen LogP contribution in [-0.2, 0) is 11.3 Å². The molecule has 0 atom stereocenters. The van der Waals surface area contributed by atoms with Crippen molar-refractivity contribution in [1.29, 1.82) is 0 Å². The monoisotopic (exact) mass is 272 g/mol. The van der Waals surface area contributed by atoms with Crippen LogP contribution < -0.4 is 0 Å². The molecular formula is C14H15F3O2. The smallest absolute Gasteiger partial charge is 0.384 e. The van der Waals surface area contributed by atoms with Crippen molar-refractivity contribution in [2.24, 2.45) is 0 Å². The van der Waals surface area contributed by atoms with Crippen molar-refractivity contribution in [2.75, 3.05) is 13.2 Å². The molecular weight excluding hydrogens is 257 g/mol. The Hall–Kier alpha value is -1.51. The van der Waals surface area contributed by atoms with E-state index >= 15 is 0 Å². The van der Waals surface area contributed by atoms with Gasteiger partial charge in [-0.15, -0.1) is 0 Å². The maximum absolute atomic E-state index is 11.9. The summed E-state index contributed by atoms with van der Waals surface area (Å²) in [6, 6.07) is 7.14. The second-order valence-corrected chi connectivity index (χ2v) is 3.93. The quantitative estimate of drug-likeness (QED) is 0.659. The highest BCUT2D eigenvalue weighted by Crippen LogP contribution is 2.21. The Morgan fingerprint density at radius 3 is 2.42 bits per heavy atom. The lowest BCUT2D eigenvalue weighted by Crippen LogP contribution is -2.08. The van der Waals surface area contributed by atoms with E-state index in [0.717, 1.165) is 11.1 Å². The molecule has 0 heterocycles. The number of alkyl halides is 3. The van der Waals surface area contributed by atoms with Gasteiger partial charge in [-0.1, -0.05) is 24.0 Å². The Balaban J connectivity index is 2.27. The van der Waals surface area contributed by atoms with Gasteiger partial charge in [0, 0.05) is 18.6 Å². The van der Waals surface area contributed by atoms with E-state index in [-0.39, 0.29) is 26.2 Å². The van der Waals surface area contributed by atoms with E-state index in [1.807, 2.05) is 0 Å². The molecule has 0 unspecified atom stereocenters. The summed E-state index contributed by atoms with van der Waals surface area (Å²) in [5.74, 6) is 5.27. The lowest BCUT2D eigenvalue weighted by molar-refractivity contribution is -0.138. The van der Waals surface area contributed by atoms with Gasteiger partial charge in [0.25, 0.3) is 0 Å². The Bertz CT molecular complexity index is 427. The minimum absolute atomic E-state index is 0.0242. The Morgan fingerprint density at radius 1 is 1.16 bits per heavy atom. The van der Waals surface area contributed by atoms with Crippen molar-refractivity contribution in [2.45, 2.75) is 25.6 Å². The van der Waals surface area contributed by atoms with E-state index in [2.05, 4.69) is 11.8 Å².